The molecular formula is C11H21NO2. The monoisotopic (exact) mass is 199 g/mol. The zero-order chi connectivity index (χ0) is 10.6. The molecule has 2 unspecified atom stereocenters. The molecule has 0 aromatic heterocycles. The van der Waals surface area contributed by atoms with Gasteiger partial charge in [0, 0.05) is 19.0 Å². The first-order chi connectivity index (χ1) is 6.69. The van der Waals surface area contributed by atoms with Crippen LogP contribution in [-0.2, 0) is 4.79 Å². The van der Waals surface area contributed by atoms with Crippen LogP contribution in [0.5, 0.6) is 0 Å². The third-order valence-electron chi connectivity index (χ3n) is 2.93. The Labute approximate surface area is 86.1 Å². The summed E-state index contributed by atoms with van der Waals surface area (Å²) in [6, 6.07) is 0.273. The highest BCUT2D eigenvalue weighted by Gasteiger charge is 2.32. The summed E-state index contributed by atoms with van der Waals surface area (Å²) in [5.74, 6) is 0.218. The molecule has 14 heavy (non-hydrogen) atoms. The zero-order valence-electron chi connectivity index (χ0n) is 9.20. The van der Waals surface area contributed by atoms with Crippen LogP contribution in [0.25, 0.3) is 0 Å². The molecule has 2 atom stereocenters. The minimum absolute atomic E-state index is 0.218. The number of rotatable bonds is 4. The van der Waals surface area contributed by atoms with Gasteiger partial charge in [0.2, 0.25) is 5.91 Å². The fourth-order valence-electron chi connectivity index (χ4n) is 2.06. The van der Waals surface area contributed by atoms with E-state index in [4.69, 9.17) is 0 Å². The third-order valence-corrected chi connectivity index (χ3v) is 2.93. The average molecular weight is 199 g/mol. The highest BCUT2D eigenvalue weighted by Crippen LogP contribution is 2.21. The lowest BCUT2D eigenvalue weighted by Crippen LogP contribution is -2.35. The molecule has 0 spiro atoms. The maximum atomic E-state index is 11.7. The number of unbranched alkanes of at least 4 members (excludes halogenated alkanes) is 1. The summed E-state index contributed by atoms with van der Waals surface area (Å²) in [5.41, 5.74) is 0. The molecule has 3 heteroatoms. The van der Waals surface area contributed by atoms with Crippen molar-refractivity contribution in [2.45, 2.75) is 58.1 Å². The molecule has 1 amide bonds. The van der Waals surface area contributed by atoms with E-state index >= 15 is 0 Å². The number of likely N-dealkylation sites (tertiary alicyclic amines) is 1. The average Bonchev–Trinajstić information content (AvgIpc) is 2.56. The Hall–Kier alpha value is -0.570. The van der Waals surface area contributed by atoms with Crippen LogP contribution in [0, 0.1) is 0 Å². The molecule has 1 aliphatic rings. The molecule has 0 aromatic carbocycles. The standard InChI is InChI=1S/C11H21NO2/c1-3-5-6-11(14)12-8-10(13)7-9(12)4-2/h9-10,13H,3-8H2,1-2H3. The molecule has 1 heterocycles. The number of hydrogen-bond donors (Lipinski definition) is 1. The van der Waals surface area contributed by atoms with Gasteiger partial charge in [-0.1, -0.05) is 20.3 Å². The van der Waals surface area contributed by atoms with E-state index in [9.17, 15) is 9.90 Å². The first kappa shape index (κ1) is 11.5. The highest BCUT2D eigenvalue weighted by molar-refractivity contribution is 5.76. The first-order valence-corrected chi connectivity index (χ1v) is 5.66. The molecule has 0 aromatic rings. The molecule has 1 rings (SSSR count). The number of amides is 1. The molecule has 0 bridgehead atoms. The quantitative estimate of drug-likeness (QED) is 0.746. The fourth-order valence-corrected chi connectivity index (χ4v) is 2.06. The summed E-state index contributed by atoms with van der Waals surface area (Å²) >= 11 is 0. The molecule has 0 saturated carbocycles. The minimum atomic E-state index is -0.300. The van der Waals surface area contributed by atoms with E-state index in [1.54, 1.807) is 0 Å². The van der Waals surface area contributed by atoms with Crippen LogP contribution in [0.4, 0.5) is 0 Å². The summed E-state index contributed by atoms with van der Waals surface area (Å²) in [6.45, 7) is 4.70. The van der Waals surface area contributed by atoms with Gasteiger partial charge in [0.05, 0.1) is 6.10 Å². The number of aliphatic hydroxyl groups excluding tert-OH is 1. The maximum absolute atomic E-state index is 11.7. The summed E-state index contributed by atoms with van der Waals surface area (Å²) < 4.78 is 0. The minimum Gasteiger partial charge on any atom is -0.391 e. The van der Waals surface area contributed by atoms with Crippen molar-refractivity contribution in [3.63, 3.8) is 0 Å². The topological polar surface area (TPSA) is 40.5 Å². The van der Waals surface area contributed by atoms with Gasteiger partial charge in [-0.2, -0.15) is 0 Å². The third kappa shape index (κ3) is 2.71. The summed E-state index contributed by atoms with van der Waals surface area (Å²) in [4.78, 5) is 13.6. The van der Waals surface area contributed by atoms with Crippen molar-refractivity contribution in [1.82, 2.24) is 4.90 Å². The van der Waals surface area contributed by atoms with Crippen molar-refractivity contribution in [1.29, 1.82) is 0 Å². The number of hydrogen-bond acceptors (Lipinski definition) is 2. The van der Waals surface area contributed by atoms with E-state index in [0.717, 1.165) is 25.7 Å². The van der Waals surface area contributed by atoms with Crippen LogP contribution >= 0.6 is 0 Å². The second-order valence-corrected chi connectivity index (χ2v) is 4.10. The van der Waals surface area contributed by atoms with Crippen LogP contribution in [0.2, 0.25) is 0 Å². The van der Waals surface area contributed by atoms with E-state index < -0.39 is 0 Å². The highest BCUT2D eigenvalue weighted by atomic mass is 16.3. The Morgan fingerprint density at radius 1 is 1.50 bits per heavy atom. The lowest BCUT2D eigenvalue weighted by Gasteiger charge is -2.23. The number of carbonyl (C=O) groups is 1. The Bertz CT molecular complexity index is 194. The summed E-state index contributed by atoms with van der Waals surface area (Å²) in [7, 11) is 0. The van der Waals surface area contributed by atoms with Crippen molar-refractivity contribution in [2.75, 3.05) is 6.54 Å². The largest absolute Gasteiger partial charge is 0.391 e. The second kappa shape index (κ2) is 5.35. The summed E-state index contributed by atoms with van der Waals surface area (Å²) in [5, 5.41) is 9.48. The van der Waals surface area contributed by atoms with Crippen LogP contribution < -0.4 is 0 Å². The molecule has 3 nitrogen and oxygen atoms in total. The van der Waals surface area contributed by atoms with Gasteiger partial charge in [-0.15, -0.1) is 0 Å². The Balaban J connectivity index is 2.45. The molecule has 1 fully saturated rings. The SMILES string of the molecule is CCCCC(=O)N1CC(O)CC1CC. The Kier molecular flexibility index (Phi) is 4.39. The van der Waals surface area contributed by atoms with E-state index in [1.165, 1.54) is 0 Å². The molecule has 82 valence electrons. The normalized spacial score (nSPS) is 26.9. The van der Waals surface area contributed by atoms with Gasteiger partial charge in [0.1, 0.15) is 0 Å². The van der Waals surface area contributed by atoms with Crippen molar-refractivity contribution >= 4 is 5.91 Å². The number of nitrogens with zero attached hydrogens (tertiary/aromatic N) is 1. The molecule has 1 N–H and O–H groups in total. The molecule has 0 radical (unpaired) electrons. The van der Waals surface area contributed by atoms with E-state index in [-0.39, 0.29) is 18.1 Å². The molecular weight excluding hydrogens is 178 g/mol. The van der Waals surface area contributed by atoms with Gasteiger partial charge < -0.3 is 10.0 Å². The van der Waals surface area contributed by atoms with Gasteiger partial charge in [0.15, 0.2) is 0 Å². The predicted octanol–water partition coefficient (Wildman–Crippen LogP) is 1.55. The van der Waals surface area contributed by atoms with E-state index in [1.807, 2.05) is 4.90 Å². The van der Waals surface area contributed by atoms with Crippen molar-refractivity contribution < 1.29 is 9.90 Å². The van der Waals surface area contributed by atoms with Crippen molar-refractivity contribution in [2.24, 2.45) is 0 Å². The lowest BCUT2D eigenvalue weighted by atomic mass is 10.1. The summed E-state index contributed by atoms with van der Waals surface area (Å²) in [6.07, 6.45) is 4.06. The van der Waals surface area contributed by atoms with Crippen LogP contribution in [-0.4, -0.2) is 34.6 Å². The van der Waals surface area contributed by atoms with Gasteiger partial charge in [-0.05, 0) is 19.3 Å². The van der Waals surface area contributed by atoms with Gasteiger partial charge in [0.25, 0.3) is 0 Å². The Morgan fingerprint density at radius 3 is 2.79 bits per heavy atom. The van der Waals surface area contributed by atoms with Crippen LogP contribution in [0.1, 0.15) is 46.0 Å². The zero-order valence-corrected chi connectivity index (χ0v) is 9.20. The van der Waals surface area contributed by atoms with Gasteiger partial charge in [-0.3, -0.25) is 4.79 Å². The number of carbonyl (C=O) groups excluding carboxylic acids is 1. The lowest BCUT2D eigenvalue weighted by molar-refractivity contribution is -0.132. The van der Waals surface area contributed by atoms with Crippen LogP contribution in [0.3, 0.4) is 0 Å². The fraction of sp³-hybridized carbons (Fsp3) is 0.909. The molecule has 0 aliphatic carbocycles. The Morgan fingerprint density at radius 2 is 2.21 bits per heavy atom. The predicted molar refractivity (Wildman–Crippen MR) is 55.9 cm³/mol. The molecule has 1 saturated heterocycles. The van der Waals surface area contributed by atoms with E-state index in [0.29, 0.717) is 13.0 Å². The van der Waals surface area contributed by atoms with Gasteiger partial charge in [-0.25, -0.2) is 0 Å². The van der Waals surface area contributed by atoms with Gasteiger partial charge >= 0.3 is 0 Å². The van der Waals surface area contributed by atoms with Crippen molar-refractivity contribution in [3.05, 3.63) is 0 Å². The molecule has 1 aliphatic heterocycles. The number of aliphatic hydroxyl groups is 1. The first-order valence-electron chi connectivity index (χ1n) is 5.66. The second-order valence-electron chi connectivity index (χ2n) is 4.10. The van der Waals surface area contributed by atoms with Crippen LogP contribution in [0.15, 0.2) is 0 Å². The smallest absolute Gasteiger partial charge is 0.222 e. The maximum Gasteiger partial charge on any atom is 0.222 e. The van der Waals surface area contributed by atoms with E-state index in [2.05, 4.69) is 13.8 Å². The number of β-amino-alcohol motifs (C(OH)–C–C–N with tert-alkyl or cyclic N) is 1. The van der Waals surface area contributed by atoms with Crippen molar-refractivity contribution in [3.8, 4) is 0 Å².